The minimum Gasteiger partial charge on any atom is -0.302 e. The number of hydrogen-bond donors (Lipinski definition) is 1. The Bertz CT molecular complexity index is 165. The molecule has 0 spiro atoms. The van der Waals surface area contributed by atoms with E-state index in [1.54, 1.807) is 0 Å². The Balaban J connectivity index is 2.23. The van der Waals surface area contributed by atoms with Gasteiger partial charge in [-0.15, -0.1) is 0 Å². The van der Waals surface area contributed by atoms with Crippen LogP contribution in [-0.4, -0.2) is 11.8 Å². The molecule has 1 N–H and O–H groups in total. The Morgan fingerprint density at radius 2 is 2.57 bits per heavy atom. The van der Waals surface area contributed by atoms with Gasteiger partial charge in [-0.1, -0.05) is 0 Å². The van der Waals surface area contributed by atoms with Gasteiger partial charge in [0.1, 0.15) is 0 Å². The zero-order valence-electron chi connectivity index (χ0n) is 3.86. The molecule has 1 heterocycles. The minimum atomic E-state index is -0.0937. The summed E-state index contributed by atoms with van der Waals surface area (Å²) < 4.78 is 0. The lowest BCUT2D eigenvalue weighted by Gasteiger charge is -1.84. The number of aliphatic imine (C=N–C) groups is 1. The van der Waals surface area contributed by atoms with Crippen LogP contribution in [0.15, 0.2) is 10.8 Å². The second-order valence-electron chi connectivity index (χ2n) is 1.25. The maximum Gasteiger partial charge on any atom is 0.222 e. The standard InChI is InChI=1S/C4H4N2O/c1-3(7)6-4-2-5-4/h1H3,(H,6,7). The van der Waals surface area contributed by atoms with E-state index in [9.17, 15) is 4.79 Å². The molecule has 0 bridgehead atoms. The van der Waals surface area contributed by atoms with E-state index in [-0.39, 0.29) is 5.91 Å². The number of nitrogens with zero attached hydrogens (tertiary/aromatic N) is 1. The van der Waals surface area contributed by atoms with Crippen LogP contribution >= 0.6 is 0 Å². The largest absolute Gasteiger partial charge is 0.302 e. The average molecular weight is 96.1 g/mol. The van der Waals surface area contributed by atoms with Gasteiger partial charge in [-0.25, -0.2) is 0 Å². The fourth-order valence-corrected chi connectivity index (χ4v) is 0.251. The van der Waals surface area contributed by atoms with E-state index in [4.69, 9.17) is 0 Å². The molecule has 0 saturated heterocycles. The number of carbonyl (C=O) groups excluding carboxylic acids is 1. The molecule has 36 valence electrons. The third kappa shape index (κ3) is 1.20. The van der Waals surface area contributed by atoms with Crippen molar-refractivity contribution >= 4 is 11.8 Å². The quantitative estimate of drug-likeness (QED) is 0.476. The number of hydrogen-bond acceptors (Lipinski definition) is 2. The van der Waals surface area contributed by atoms with Crippen LogP contribution in [0.2, 0.25) is 0 Å². The van der Waals surface area contributed by atoms with Crippen molar-refractivity contribution in [2.45, 2.75) is 6.92 Å². The van der Waals surface area contributed by atoms with Crippen molar-refractivity contribution < 1.29 is 4.79 Å². The summed E-state index contributed by atoms with van der Waals surface area (Å²) in [6, 6.07) is 0. The van der Waals surface area contributed by atoms with Gasteiger partial charge in [-0.05, 0) is 0 Å². The van der Waals surface area contributed by atoms with E-state index in [0.717, 1.165) is 0 Å². The van der Waals surface area contributed by atoms with Crippen LogP contribution in [0.4, 0.5) is 0 Å². The first-order chi connectivity index (χ1) is 3.29. The van der Waals surface area contributed by atoms with Gasteiger partial charge in [-0.3, -0.25) is 4.79 Å². The number of amides is 1. The molecular weight excluding hydrogens is 92.1 g/mol. The first-order valence-electron chi connectivity index (χ1n) is 1.90. The molecule has 0 aliphatic carbocycles. The summed E-state index contributed by atoms with van der Waals surface area (Å²) in [5.74, 6) is 2.94. The highest BCUT2D eigenvalue weighted by Gasteiger charge is 2.01. The maximum absolute atomic E-state index is 10.1. The van der Waals surface area contributed by atoms with Crippen molar-refractivity contribution in [2.24, 2.45) is 4.99 Å². The fourth-order valence-electron chi connectivity index (χ4n) is 0.251. The van der Waals surface area contributed by atoms with Crippen LogP contribution in [0, 0.1) is 0 Å². The van der Waals surface area contributed by atoms with Gasteiger partial charge in [0, 0.05) is 12.8 Å². The maximum atomic E-state index is 10.1. The van der Waals surface area contributed by atoms with Crippen LogP contribution in [-0.2, 0) is 4.79 Å². The summed E-state index contributed by atoms with van der Waals surface area (Å²) in [5, 5.41) is 2.42. The zero-order chi connectivity index (χ0) is 5.28. The van der Waals surface area contributed by atoms with Crippen molar-refractivity contribution in [3.63, 3.8) is 0 Å². The van der Waals surface area contributed by atoms with Crippen molar-refractivity contribution in [1.82, 2.24) is 5.32 Å². The number of nitrogens with one attached hydrogen (secondary N) is 1. The number of rotatable bonds is 1. The van der Waals surface area contributed by atoms with Gasteiger partial charge in [0.05, 0.1) is 0 Å². The molecule has 0 aromatic carbocycles. The predicted molar refractivity (Wildman–Crippen MR) is 24.8 cm³/mol. The molecule has 0 fully saturated rings. The Kier molecular flexibility index (Phi) is 0.704. The summed E-state index contributed by atoms with van der Waals surface area (Å²) in [5.41, 5.74) is 0. The van der Waals surface area contributed by atoms with Gasteiger partial charge in [0.15, 0.2) is 0 Å². The molecule has 1 amide bonds. The minimum absolute atomic E-state index is 0.0937. The SMILES string of the molecule is CC(=O)NC1=C=N1. The Morgan fingerprint density at radius 3 is 2.71 bits per heavy atom. The van der Waals surface area contributed by atoms with E-state index in [1.807, 2.05) is 0 Å². The van der Waals surface area contributed by atoms with Crippen LogP contribution < -0.4 is 5.32 Å². The molecule has 3 nitrogen and oxygen atoms in total. The van der Waals surface area contributed by atoms with Crippen molar-refractivity contribution in [3.8, 4) is 0 Å². The third-order valence-electron chi connectivity index (χ3n) is 0.518. The molecule has 0 radical (unpaired) electrons. The molecule has 0 unspecified atom stereocenters. The summed E-state index contributed by atoms with van der Waals surface area (Å²) in [4.78, 5) is 13.5. The van der Waals surface area contributed by atoms with Crippen molar-refractivity contribution in [2.75, 3.05) is 0 Å². The molecule has 0 saturated carbocycles. The van der Waals surface area contributed by atoms with Gasteiger partial charge >= 0.3 is 0 Å². The van der Waals surface area contributed by atoms with Crippen LogP contribution in [0.3, 0.4) is 0 Å². The Labute approximate surface area is 40.7 Å². The topological polar surface area (TPSA) is 41.5 Å². The molecule has 3 heteroatoms. The second kappa shape index (κ2) is 1.21. The monoisotopic (exact) mass is 96.0 g/mol. The summed E-state index contributed by atoms with van der Waals surface area (Å²) in [6.07, 6.45) is 0. The van der Waals surface area contributed by atoms with Crippen molar-refractivity contribution in [3.05, 3.63) is 5.82 Å². The predicted octanol–water partition coefficient (Wildman–Crippen LogP) is -0.353. The van der Waals surface area contributed by atoms with E-state index >= 15 is 0 Å². The molecule has 7 heavy (non-hydrogen) atoms. The first kappa shape index (κ1) is 4.09. The lowest BCUT2D eigenvalue weighted by atomic mass is 10.7. The summed E-state index contributed by atoms with van der Waals surface area (Å²) in [7, 11) is 0. The highest BCUT2D eigenvalue weighted by Crippen LogP contribution is 1.92. The second-order valence-corrected chi connectivity index (χ2v) is 1.25. The number of carbonyl (C=O) groups is 1. The normalized spacial score (nSPS) is 13.0. The molecule has 0 aromatic rings. The van der Waals surface area contributed by atoms with Gasteiger partial charge in [-0.2, -0.15) is 4.99 Å². The van der Waals surface area contributed by atoms with Gasteiger partial charge in [0.2, 0.25) is 11.7 Å². The summed E-state index contributed by atoms with van der Waals surface area (Å²) >= 11 is 0. The fraction of sp³-hybridized carbons (Fsp3) is 0.250. The first-order valence-corrected chi connectivity index (χ1v) is 1.90. The van der Waals surface area contributed by atoms with Crippen LogP contribution in [0.5, 0.6) is 0 Å². The van der Waals surface area contributed by atoms with E-state index < -0.39 is 0 Å². The smallest absolute Gasteiger partial charge is 0.222 e. The Hall–Kier alpha value is -1.08. The lowest BCUT2D eigenvalue weighted by molar-refractivity contribution is -0.118. The zero-order valence-corrected chi connectivity index (χ0v) is 3.86. The third-order valence-corrected chi connectivity index (χ3v) is 0.518. The van der Waals surface area contributed by atoms with E-state index in [1.165, 1.54) is 6.92 Å². The molecule has 1 rings (SSSR count). The van der Waals surface area contributed by atoms with Gasteiger partial charge in [0.25, 0.3) is 0 Å². The van der Waals surface area contributed by atoms with Crippen LogP contribution in [0.1, 0.15) is 6.92 Å². The van der Waals surface area contributed by atoms with Crippen LogP contribution in [0.25, 0.3) is 0 Å². The highest BCUT2D eigenvalue weighted by molar-refractivity contribution is 5.83. The molecular formula is C4H4N2O. The molecule has 0 aromatic heterocycles. The molecule has 0 atom stereocenters. The van der Waals surface area contributed by atoms with Gasteiger partial charge < -0.3 is 5.32 Å². The average Bonchev–Trinajstić information content (AvgIpc) is 2.17. The Morgan fingerprint density at radius 1 is 2.00 bits per heavy atom. The van der Waals surface area contributed by atoms with E-state index in [2.05, 4.69) is 16.2 Å². The molecule has 1 aliphatic heterocycles. The summed E-state index contributed by atoms with van der Waals surface area (Å²) in [6.45, 7) is 1.43. The lowest BCUT2D eigenvalue weighted by Crippen LogP contribution is -2.13. The molecule has 1 aliphatic rings. The highest BCUT2D eigenvalue weighted by atomic mass is 16.1. The van der Waals surface area contributed by atoms with Crippen molar-refractivity contribution in [1.29, 1.82) is 0 Å². The van der Waals surface area contributed by atoms with E-state index in [0.29, 0.717) is 5.82 Å².